The van der Waals surface area contributed by atoms with Crippen molar-refractivity contribution in [2.24, 2.45) is 5.92 Å². The topological polar surface area (TPSA) is 24.9 Å². The lowest BCUT2D eigenvalue weighted by Crippen LogP contribution is -2.06. The molecule has 0 aliphatic heterocycles. The van der Waals surface area contributed by atoms with Crippen LogP contribution in [0.2, 0.25) is 0 Å². The lowest BCUT2D eigenvalue weighted by atomic mass is 10.0. The van der Waals surface area contributed by atoms with E-state index in [1.807, 2.05) is 12.3 Å². The molecule has 0 unspecified atom stereocenters. The Morgan fingerprint density at radius 3 is 2.94 bits per heavy atom. The van der Waals surface area contributed by atoms with Crippen molar-refractivity contribution in [1.29, 1.82) is 0 Å². The number of nitrogens with one attached hydrogen (secondary N) is 1. The van der Waals surface area contributed by atoms with Crippen LogP contribution in [-0.2, 0) is 0 Å². The highest BCUT2D eigenvalue weighted by atomic mass is 15.0. The van der Waals surface area contributed by atoms with Gasteiger partial charge in [0, 0.05) is 12.7 Å². The molecule has 2 nitrogen and oxygen atoms in total. The number of rotatable bonds is 5. The molecular weight excluding hydrogens is 196 g/mol. The van der Waals surface area contributed by atoms with Gasteiger partial charge in [-0.1, -0.05) is 31.7 Å². The molecule has 0 amide bonds. The number of aromatic nitrogens is 1. The summed E-state index contributed by atoms with van der Waals surface area (Å²) in [5, 5.41) is 3.43. The molecule has 0 atom stereocenters. The first-order valence-electron chi connectivity index (χ1n) is 6.52. The summed E-state index contributed by atoms with van der Waals surface area (Å²) in [4.78, 5) is 4.34. The van der Waals surface area contributed by atoms with Crippen molar-refractivity contribution >= 4 is 5.82 Å². The lowest BCUT2D eigenvalue weighted by Gasteiger charge is -2.10. The Morgan fingerprint density at radius 1 is 1.38 bits per heavy atom. The van der Waals surface area contributed by atoms with E-state index in [4.69, 9.17) is 0 Å². The van der Waals surface area contributed by atoms with E-state index in [1.54, 1.807) is 0 Å². The number of anilines is 1. The highest BCUT2D eigenvalue weighted by molar-refractivity contribution is 5.42. The van der Waals surface area contributed by atoms with E-state index in [0.717, 1.165) is 18.3 Å². The third kappa shape index (κ3) is 3.22. The molecule has 2 rings (SSSR count). The van der Waals surface area contributed by atoms with E-state index in [1.165, 1.54) is 44.1 Å². The largest absolute Gasteiger partial charge is 0.370 e. The average molecular weight is 218 g/mol. The van der Waals surface area contributed by atoms with Gasteiger partial charge in [-0.25, -0.2) is 4.98 Å². The molecule has 1 N–H and O–H groups in total. The van der Waals surface area contributed by atoms with Crippen LogP contribution in [0.25, 0.3) is 0 Å². The summed E-state index contributed by atoms with van der Waals surface area (Å²) in [6, 6.07) is 4.09. The van der Waals surface area contributed by atoms with Crippen molar-refractivity contribution in [2.45, 2.75) is 45.4 Å². The fourth-order valence-corrected chi connectivity index (χ4v) is 2.57. The third-order valence-electron chi connectivity index (χ3n) is 3.57. The molecule has 0 aromatic carbocycles. The highest BCUT2D eigenvalue weighted by Gasteiger charge is 2.13. The quantitative estimate of drug-likeness (QED) is 0.761. The number of hydrogen-bond acceptors (Lipinski definition) is 2. The molecule has 1 heterocycles. The van der Waals surface area contributed by atoms with Crippen molar-refractivity contribution in [3.63, 3.8) is 0 Å². The van der Waals surface area contributed by atoms with Gasteiger partial charge >= 0.3 is 0 Å². The second kappa shape index (κ2) is 5.88. The molecule has 1 saturated carbocycles. The predicted octanol–water partition coefficient (Wildman–Crippen LogP) is 3.77. The molecular formula is C14H22N2. The van der Waals surface area contributed by atoms with Crippen LogP contribution in [0, 0.1) is 12.8 Å². The van der Waals surface area contributed by atoms with E-state index in [0.29, 0.717) is 0 Å². The van der Waals surface area contributed by atoms with Crippen LogP contribution in [-0.4, -0.2) is 11.5 Å². The predicted molar refractivity (Wildman–Crippen MR) is 68.7 cm³/mol. The molecule has 16 heavy (non-hydrogen) atoms. The van der Waals surface area contributed by atoms with Gasteiger partial charge in [-0.05, 0) is 37.3 Å². The molecule has 1 aliphatic carbocycles. The van der Waals surface area contributed by atoms with Gasteiger partial charge in [0.2, 0.25) is 0 Å². The van der Waals surface area contributed by atoms with Gasteiger partial charge in [-0.3, -0.25) is 0 Å². The maximum absolute atomic E-state index is 4.34. The van der Waals surface area contributed by atoms with Gasteiger partial charge < -0.3 is 5.32 Å². The molecule has 1 aromatic heterocycles. The first-order chi connectivity index (χ1) is 7.86. The zero-order valence-corrected chi connectivity index (χ0v) is 10.2. The van der Waals surface area contributed by atoms with Gasteiger partial charge in [0.25, 0.3) is 0 Å². The molecule has 88 valence electrons. The monoisotopic (exact) mass is 218 g/mol. The number of hydrogen-bond donors (Lipinski definition) is 1. The molecule has 1 aliphatic rings. The fraction of sp³-hybridized carbons (Fsp3) is 0.643. The minimum atomic E-state index is 1.01. The van der Waals surface area contributed by atoms with Crippen LogP contribution in [0.1, 0.15) is 44.1 Å². The first kappa shape index (κ1) is 11.4. The third-order valence-corrected chi connectivity index (χ3v) is 3.57. The lowest BCUT2D eigenvalue weighted by molar-refractivity contribution is 0.491. The van der Waals surface area contributed by atoms with Gasteiger partial charge in [0.15, 0.2) is 0 Å². The van der Waals surface area contributed by atoms with Gasteiger partial charge in [-0.15, -0.1) is 0 Å². The van der Waals surface area contributed by atoms with Gasteiger partial charge in [0.1, 0.15) is 5.82 Å². The molecule has 0 bridgehead atoms. The van der Waals surface area contributed by atoms with Crippen LogP contribution < -0.4 is 5.32 Å². The summed E-state index contributed by atoms with van der Waals surface area (Å²) in [5.74, 6) is 2.06. The molecule has 1 aromatic rings. The minimum Gasteiger partial charge on any atom is -0.370 e. The smallest absolute Gasteiger partial charge is 0.128 e. The van der Waals surface area contributed by atoms with Crippen molar-refractivity contribution < 1.29 is 0 Å². The van der Waals surface area contributed by atoms with E-state index in [2.05, 4.69) is 23.3 Å². The van der Waals surface area contributed by atoms with Crippen LogP contribution >= 0.6 is 0 Å². The van der Waals surface area contributed by atoms with E-state index in [-0.39, 0.29) is 0 Å². The highest BCUT2D eigenvalue weighted by Crippen LogP contribution is 2.28. The Morgan fingerprint density at radius 2 is 2.19 bits per heavy atom. The van der Waals surface area contributed by atoms with Gasteiger partial charge in [0.05, 0.1) is 0 Å². The Bertz CT molecular complexity index is 316. The van der Waals surface area contributed by atoms with E-state index < -0.39 is 0 Å². The maximum atomic E-state index is 4.34. The first-order valence-corrected chi connectivity index (χ1v) is 6.52. The molecule has 1 fully saturated rings. The van der Waals surface area contributed by atoms with Crippen molar-refractivity contribution in [3.05, 3.63) is 23.9 Å². The maximum Gasteiger partial charge on any atom is 0.128 e. The molecule has 0 spiro atoms. The summed E-state index contributed by atoms with van der Waals surface area (Å²) in [7, 11) is 0. The molecule has 2 heteroatoms. The van der Waals surface area contributed by atoms with Crippen LogP contribution in [0.3, 0.4) is 0 Å². The second-order valence-electron chi connectivity index (χ2n) is 4.89. The Balaban J connectivity index is 1.66. The summed E-state index contributed by atoms with van der Waals surface area (Å²) in [6.07, 6.45) is 10.4. The van der Waals surface area contributed by atoms with E-state index >= 15 is 0 Å². The van der Waals surface area contributed by atoms with Crippen molar-refractivity contribution in [3.8, 4) is 0 Å². The van der Waals surface area contributed by atoms with Crippen molar-refractivity contribution in [2.75, 3.05) is 11.9 Å². The van der Waals surface area contributed by atoms with Crippen LogP contribution in [0.5, 0.6) is 0 Å². The SMILES string of the molecule is Cc1cccnc1NCCCC1CCCC1. The second-order valence-corrected chi connectivity index (χ2v) is 4.89. The standard InChI is InChI=1S/C14H22N2/c1-12-6-4-10-15-14(12)16-11-5-9-13-7-2-3-8-13/h4,6,10,13H,2-3,5,7-9,11H2,1H3,(H,15,16). The van der Waals surface area contributed by atoms with Crippen molar-refractivity contribution in [1.82, 2.24) is 4.98 Å². The normalized spacial score (nSPS) is 16.6. The fourth-order valence-electron chi connectivity index (χ4n) is 2.57. The zero-order chi connectivity index (χ0) is 11.2. The number of aryl methyl sites for hydroxylation is 1. The minimum absolute atomic E-state index is 1.01. The summed E-state index contributed by atoms with van der Waals surface area (Å²) in [5.41, 5.74) is 1.24. The zero-order valence-electron chi connectivity index (χ0n) is 10.2. The van der Waals surface area contributed by atoms with E-state index in [9.17, 15) is 0 Å². The Labute approximate surface area is 98.5 Å². The molecule has 0 saturated heterocycles. The Hall–Kier alpha value is -1.05. The van der Waals surface area contributed by atoms with Crippen LogP contribution in [0.15, 0.2) is 18.3 Å². The summed E-state index contributed by atoms with van der Waals surface area (Å²) in [6.45, 7) is 3.17. The van der Waals surface area contributed by atoms with Gasteiger partial charge in [-0.2, -0.15) is 0 Å². The summed E-state index contributed by atoms with van der Waals surface area (Å²) >= 11 is 0. The summed E-state index contributed by atoms with van der Waals surface area (Å²) < 4.78 is 0. The average Bonchev–Trinajstić information content (AvgIpc) is 2.79. The van der Waals surface area contributed by atoms with Crippen LogP contribution in [0.4, 0.5) is 5.82 Å². The Kier molecular flexibility index (Phi) is 4.20. The molecule has 0 radical (unpaired) electrons. The number of nitrogens with zero attached hydrogens (tertiary/aromatic N) is 1. The number of pyridine rings is 1.